The van der Waals surface area contributed by atoms with Gasteiger partial charge in [-0.15, -0.1) is 0 Å². The van der Waals surface area contributed by atoms with Crippen LogP contribution in [0.3, 0.4) is 0 Å². The van der Waals surface area contributed by atoms with Gasteiger partial charge in [0.15, 0.2) is 5.65 Å². The number of rotatable bonds is 7. The average molecular weight is 538 g/mol. The number of carbonyl (C=O) groups is 1. The van der Waals surface area contributed by atoms with Crippen molar-refractivity contribution in [1.29, 1.82) is 0 Å². The molecule has 202 valence electrons. The van der Waals surface area contributed by atoms with Crippen molar-refractivity contribution in [3.05, 3.63) is 128 Å². The predicted molar refractivity (Wildman–Crippen MR) is 152 cm³/mol. The largest absolute Gasteiger partial charge is 0.336 e. The molecule has 1 amide bonds. The van der Waals surface area contributed by atoms with E-state index in [2.05, 4.69) is 9.97 Å². The molecule has 3 aromatic carbocycles. The predicted octanol–water partition coefficient (Wildman–Crippen LogP) is 4.85. The molecule has 2 aromatic heterocycles. The molecule has 40 heavy (non-hydrogen) atoms. The maximum Gasteiger partial charge on any atom is 0.330 e. The number of fused-ring (bicyclic) bond motifs is 1. The van der Waals surface area contributed by atoms with E-state index in [9.17, 15) is 18.8 Å². The van der Waals surface area contributed by atoms with E-state index in [1.807, 2.05) is 43.3 Å². The molecular formula is C31H28FN5O3. The highest BCUT2D eigenvalue weighted by atomic mass is 19.1. The molecule has 2 heterocycles. The summed E-state index contributed by atoms with van der Waals surface area (Å²) in [6.07, 6.45) is 1.96. The van der Waals surface area contributed by atoms with Gasteiger partial charge in [-0.25, -0.2) is 14.2 Å². The van der Waals surface area contributed by atoms with Crippen LogP contribution in [-0.2, 0) is 6.42 Å². The van der Waals surface area contributed by atoms with Gasteiger partial charge in [0.25, 0.3) is 11.5 Å². The van der Waals surface area contributed by atoms with Crippen LogP contribution in [0.5, 0.6) is 0 Å². The van der Waals surface area contributed by atoms with Crippen molar-refractivity contribution in [2.24, 2.45) is 0 Å². The van der Waals surface area contributed by atoms with Gasteiger partial charge in [-0.1, -0.05) is 48.0 Å². The molecule has 1 saturated carbocycles. The smallest absolute Gasteiger partial charge is 0.330 e. The number of hydrogen-bond donors (Lipinski definition) is 2. The molecule has 2 N–H and O–H groups in total. The zero-order valence-electron chi connectivity index (χ0n) is 22.1. The van der Waals surface area contributed by atoms with E-state index in [0.717, 1.165) is 24.0 Å². The van der Waals surface area contributed by atoms with Crippen LogP contribution in [0.1, 0.15) is 57.7 Å². The van der Waals surface area contributed by atoms with Crippen molar-refractivity contribution >= 4 is 22.8 Å². The summed E-state index contributed by atoms with van der Waals surface area (Å²) in [7, 11) is 1.72. The van der Waals surface area contributed by atoms with Gasteiger partial charge in [-0.3, -0.25) is 19.1 Å². The summed E-state index contributed by atoms with van der Waals surface area (Å²) in [6, 6.07) is 21.4. The van der Waals surface area contributed by atoms with E-state index in [1.165, 1.54) is 10.6 Å². The number of nitrogens with zero attached hydrogens (tertiary/aromatic N) is 3. The molecule has 1 fully saturated rings. The number of imidazole rings is 1. The number of carbonyl (C=O) groups excluding carboxylic acids is 1. The summed E-state index contributed by atoms with van der Waals surface area (Å²) in [5.74, 6) is -0.458. The van der Waals surface area contributed by atoms with E-state index < -0.39 is 17.2 Å². The van der Waals surface area contributed by atoms with Crippen LogP contribution in [-0.4, -0.2) is 32.5 Å². The van der Waals surface area contributed by atoms with Crippen LogP contribution < -0.4 is 16.1 Å². The van der Waals surface area contributed by atoms with Gasteiger partial charge in [0, 0.05) is 30.3 Å². The number of anilines is 1. The molecular weight excluding hydrogens is 509 g/mol. The Bertz CT molecular complexity index is 1830. The number of nitrogens with one attached hydrogen (secondary N) is 2. The Balaban J connectivity index is 1.39. The number of hydrogen-bond acceptors (Lipinski definition) is 4. The van der Waals surface area contributed by atoms with Gasteiger partial charge in [0.05, 0.1) is 0 Å². The second-order valence-electron chi connectivity index (χ2n) is 10.4. The van der Waals surface area contributed by atoms with Crippen molar-refractivity contribution < 1.29 is 9.18 Å². The minimum absolute atomic E-state index is 0.00825. The van der Waals surface area contributed by atoms with Crippen molar-refractivity contribution in [3.8, 4) is 0 Å². The van der Waals surface area contributed by atoms with Gasteiger partial charge >= 0.3 is 5.69 Å². The molecule has 5 aromatic rings. The molecule has 0 saturated heterocycles. The summed E-state index contributed by atoms with van der Waals surface area (Å²) in [6.45, 7) is 1.97. The lowest BCUT2D eigenvalue weighted by Gasteiger charge is -2.20. The Morgan fingerprint density at radius 3 is 2.40 bits per heavy atom. The van der Waals surface area contributed by atoms with E-state index in [4.69, 9.17) is 4.98 Å². The Morgan fingerprint density at radius 2 is 1.73 bits per heavy atom. The number of aromatic nitrogens is 4. The summed E-state index contributed by atoms with van der Waals surface area (Å²) >= 11 is 0. The quantitative estimate of drug-likeness (QED) is 0.310. The minimum Gasteiger partial charge on any atom is -0.336 e. The Kier molecular flexibility index (Phi) is 6.42. The normalized spacial score (nSPS) is 13.9. The Hall–Kier alpha value is -4.79. The zero-order chi connectivity index (χ0) is 28.0. The number of aromatic amines is 2. The third kappa shape index (κ3) is 4.75. The number of H-pyrrole nitrogens is 2. The summed E-state index contributed by atoms with van der Waals surface area (Å²) < 4.78 is 16.3. The van der Waals surface area contributed by atoms with Gasteiger partial charge in [-0.2, -0.15) is 0 Å². The minimum atomic E-state index is -0.535. The monoisotopic (exact) mass is 537 g/mol. The van der Waals surface area contributed by atoms with E-state index >= 15 is 0 Å². The maximum atomic E-state index is 14.8. The van der Waals surface area contributed by atoms with Crippen molar-refractivity contribution in [2.75, 3.05) is 11.9 Å². The highest BCUT2D eigenvalue weighted by Gasteiger charge is 2.30. The second kappa shape index (κ2) is 10.1. The van der Waals surface area contributed by atoms with E-state index in [1.54, 1.807) is 42.3 Å². The summed E-state index contributed by atoms with van der Waals surface area (Å²) in [5, 5.41) is 0. The zero-order valence-corrected chi connectivity index (χ0v) is 22.1. The number of halogens is 1. The molecule has 0 spiro atoms. The molecule has 0 bridgehead atoms. The molecule has 1 aliphatic rings. The molecule has 9 heteroatoms. The van der Waals surface area contributed by atoms with Gasteiger partial charge in [0.1, 0.15) is 17.2 Å². The number of amides is 1. The first-order valence-electron chi connectivity index (χ1n) is 13.2. The van der Waals surface area contributed by atoms with Crippen molar-refractivity contribution in [1.82, 2.24) is 19.5 Å². The highest BCUT2D eigenvalue weighted by Crippen LogP contribution is 2.36. The van der Waals surface area contributed by atoms with E-state index in [0.29, 0.717) is 28.3 Å². The van der Waals surface area contributed by atoms with Gasteiger partial charge < -0.3 is 9.88 Å². The number of aryl methyl sites for hydroxylation is 1. The first-order chi connectivity index (χ1) is 19.3. The van der Waals surface area contributed by atoms with Crippen molar-refractivity contribution in [2.45, 2.75) is 38.1 Å². The summed E-state index contributed by atoms with van der Waals surface area (Å²) in [5.41, 5.74) is 3.19. The molecule has 0 radical (unpaired) electrons. The Labute approximate surface area is 229 Å². The first kappa shape index (κ1) is 25.5. The first-order valence-corrected chi connectivity index (χ1v) is 13.2. The fourth-order valence-corrected chi connectivity index (χ4v) is 5.06. The molecule has 1 atom stereocenters. The van der Waals surface area contributed by atoms with Gasteiger partial charge in [0.2, 0.25) is 0 Å². The van der Waals surface area contributed by atoms with Crippen LogP contribution >= 0.6 is 0 Å². The number of benzene rings is 3. The third-order valence-corrected chi connectivity index (χ3v) is 7.51. The molecule has 1 unspecified atom stereocenters. The Morgan fingerprint density at radius 1 is 1.02 bits per heavy atom. The van der Waals surface area contributed by atoms with Crippen LogP contribution in [0.4, 0.5) is 10.1 Å². The van der Waals surface area contributed by atoms with Crippen LogP contribution in [0.2, 0.25) is 0 Å². The lowest BCUT2D eigenvalue weighted by molar-refractivity contribution is 0.0993. The summed E-state index contributed by atoms with van der Waals surface area (Å²) in [4.78, 5) is 50.1. The fraction of sp³-hybridized carbons (Fsp3) is 0.226. The second-order valence-corrected chi connectivity index (χ2v) is 10.4. The lowest BCUT2D eigenvalue weighted by Crippen LogP contribution is -2.29. The fourth-order valence-electron chi connectivity index (χ4n) is 5.06. The molecule has 8 nitrogen and oxygen atoms in total. The standard InChI is InChI=1S/C31H28FN5O3/c1-18-7-9-20(10-8-18)30(39)36(2)22-13-11-19(12-14-22)24(17-21-5-3-4-6-25(21)32)27-33-26-28(34-27)37(23-15-16-23)31(40)35-29(26)38/h3-14,23-24H,15-17H2,1-2H3,(H,33,34)(H,35,38,40). The van der Waals surface area contributed by atoms with Gasteiger partial charge in [-0.05, 0) is 67.6 Å². The van der Waals surface area contributed by atoms with Crippen LogP contribution in [0, 0.1) is 12.7 Å². The third-order valence-electron chi connectivity index (χ3n) is 7.51. The van der Waals surface area contributed by atoms with E-state index in [-0.39, 0.29) is 29.7 Å². The topological polar surface area (TPSA) is 104 Å². The lowest BCUT2D eigenvalue weighted by atomic mass is 9.91. The average Bonchev–Trinajstić information content (AvgIpc) is 3.69. The highest BCUT2D eigenvalue weighted by molar-refractivity contribution is 6.05. The molecule has 6 rings (SSSR count). The molecule has 0 aliphatic heterocycles. The molecule has 1 aliphatic carbocycles. The van der Waals surface area contributed by atoms with Crippen LogP contribution in [0.15, 0.2) is 82.4 Å². The SMILES string of the molecule is Cc1ccc(C(=O)N(C)c2ccc(C(Cc3ccccc3F)c3nc4c([nH]3)c(=O)[nH]c(=O)n4C3CC3)cc2)cc1. The van der Waals surface area contributed by atoms with Crippen LogP contribution in [0.25, 0.3) is 11.2 Å². The maximum absolute atomic E-state index is 14.8. The van der Waals surface area contributed by atoms with Crippen molar-refractivity contribution in [3.63, 3.8) is 0 Å².